The van der Waals surface area contributed by atoms with Gasteiger partial charge in [-0.1, -0.05) is 18.2 Å². The molecule has 3 aliphatic heterocycles. The minimum atomic E-state index is -6.33. The molecule has 0 unspecified atom stereocenters. The number of alkyl halides is 7. The molecular weight excluding hydrogens is 608 g/mol. The number of rotatable bonds is 4. The maximum Gasteiger partial charge on any atom is 0.435 e. The quantitative estimate of drug-likeness (QED) is 0.338. The number of aryl methyl sites for hydroxylation is 1. The lowest BCUT2D eigenvalue weighted by molar-refractivity contribution is -0.348. The molecule has 6 rings (SSSR count). The van der Waals surface area contributed by atoms with Crippen LogP contribution in [0.2, 0.25) is 0 Å². The van der Waals surface area contributed by atoms with Crippen molar-refractivity contribution in [3.63, 3.8) is 0 Å². The van der Waals surface area contributed by atoms with E-state index in [1.165, 1.54) is 4.90 Å². The molecule has 1 amide bonds. The fourth-order valence-electron chi connectivity index (χ4n) is 7.81. The molecule has 0 saturated carbocycles. The number of fused-ring (bicyclic) bond motifs is 5. The lowest BCUT2D eigenvalue weighted by Gasteiger charge is -2.44. The molecule has 3 saturated heterocycles. The molecule has 4 aliphatic rings. The van der Waals surface area contributed by atoms with E-state index in [0.29, 0.717) is 25.0 Å². The van der Waals surface area contributed by atoms with Gasteiger partial charge in [-0.15, -0.1) is 0 Å². The van der Waals surface area contributed by atoms with E-state index in [0.717, 1.165) is 43.2 Å². The third kappa shape index (κ3) is 4.40. The number of sulfone groups is 1. The van der Waals surface area contributed by atoms with E-state index in [-0.39, 0.29) is 65.7 Å². The maximum absolute atomic E-state index is 15.0. The van der Waals surface area contributed by atoms with E-state index in [1.807, 2.05) is 0 Å². The van der Waals surface area contributed by atoms with Crippen LogP contribution in [0.3, 0.4) is 0 Å². The fraction of sp³-hybridized carbons (Fsp3) is 0.552. The summed E-state index contributed by atoms with van der Waals surface area (Å²) >= 11 is 0. The average molecular weight is 637 g/mol. The van der Waals surface area contributed by atoms with Gasteiger partial charge in [-0.25, -0.2) is 17.2 Å². The van der Waals surface area contributed by atoms with E-state index in [9.17, 15) is 48.3 Å². The van der Waals surface area contributed by atoms with Gasteiger partial charge in [0.1, 0.15) is 10.6 Å². The molecule has 3 heterocycles. The first-order valence-corrected chi connectivity index (χ1v) is 15.5. The number of carbonyl (C=O) groups excluding carboxylic acids is 1. The van der Waals surface area contributed by atoms with Gasteiger partial charge in [0.2, 0.25) is 5.91 Å². The van der Waals surface area contributed by atoms with Crippen molar-refractivity contribution in [2.24, 2.45) is 5.92 Å². The Morgan fingerprint density at radius 3 is 2.07 bits per heavy atom. The lowest BCUT2D eigenvalue weighted by Crippen LogP contribution is -2.54. The summed E-state index contributed by atoms with van der Waals surface area (Å²) in [7, 11) is -4.51. The molecule has 5 nitrogen and oxygen atoms in total. The summed E-state index contributed by atoms with van der Waals surface area (Å²) < 4.78 is 137. The van der Waals surface area contributed by atoms with Crippen LogP contribution in [0, 0.1) is 11.7 Å². The van der Waals surface area contributed by atoms with Crippen molar-refractivity contribution in [1.29, 1.82) is 0 Å². The number of halogens is 8. The van der Waals surface area contributed by atoms with Crippen molar-refractivity contribution in [1.82, 2.24) is 10.2 Å². The summed E-state index contributed by atoms with van der Waals surface area (Å²) in [5, 5.41) is 3.44. The van der Waals surface area contributed by atoms with Gasteiger partial charge in [0, 0.05) is 30.1 Å². The largest absolute Gasteiger partial charge is 0.435 e. The van der Waals surface area contributed by atoms with Crippen LogP contribution in [0.15, 0.2) is 47.4 Å². The Bertz CT molecular complexity index is 1520. The second kappa shape index (κ2) is 9.88. The lowest BCUT2D eigenvalue weighted by atomic mass is 9.76. The van der Waals surface area contributed by atoms with Crippen LogP contribution in [-0.4, -0.2) is 56.2 Å². The highest BCUT2D eigenvalue weighted by Crippen LogP contribution is 2.57. The molecule has 1 aliphatic carbocycles. The van der Waals surface area contributed by atoms with Gasteiger partial charge in [0.05, 0.1) is 10.9 Å². The Balaban J connectivity index is 1.48. The third-order valence-corrected chi connectivity index (χ3v) is 12.3. The van der Waals surface area contributed by atoms with Crippen molar-refractivity contribution in [2.45, 2.75) is 90.7 Å². The van der Waals surface area contributed by atoms with Gasteiger partial charge < -0.3 is 10.2 Å². The molecule has 2 aromatic rings. The molecule has 0 spiro atoms. The van der Waals surface area contributed by atoms with Gasteiger partial charge in [-0.2, -0.15) is 26.3 Å². The number of benzene rings is 2. The highest BCUT2D eigenvalue weighted by molar-refractivity contribution is 7.92. The Labute approximate surface area is 242 Å². The zero-order valence-corrected chi connectivity index (χ0v) is 23.4. The Morgan fingerprint density at radius 1 is 0.884 bits per heavy atom. The van der Waals surface area contributed by atoms with E-state index in [4.69, 9.17) is 0 Å². The summed E-state index contributed by atoms with van der Waals surface area (Å²) in [4.78, 5) is 15.1. The van der Waals surface area contributed by atoms with Crippen molar-refractivity contribution in [3.05, 3.63) is 65.0 Å². The number of piperidine rings is 1. The predicted molar refractivity (Wildman–Crippen MR) is 138 cm³/mol. The summed E-state index contributed by atoms with van der Waals surface area (Å²) in [5.41, 5.74) is -7.63. The molecule has 2 aromatic carbocycles. The van der Waals surface area contributed by atoms with Gasteiger partial charge >= 0.3 is 18.0 Å². The predicted octanol–water partition coefficient (Wildman–Crippen LogP) is 5.86. The monoisotopic (exact) mass is 636 g/mol. The molecule has 0 aromatic heterocycles. The number of nitrogens with one attached hydrogen (secondary N) is 1. The second-order valence-electron chi connectivity index (χ2n) is 12.0. The average Bonchev–Trinajstić information content (AvgIpc) is 3.51. The van der Waals surface area contributed by atoms with Crippen LogP contribution in [0.4, 0.5) is 35.1 Å². The van der Waals surface area contributed by atoms with Gasteiger partial charge in [-0.05, 0) is 80.3 Å². The van der Waals surface area contributed by atoms with Gasteiger partial charge in [-0.3, -0.25) is 4.79 Å². The Kier molecular flexibility index (Phi) is 6.96. The molecule has 3 fully saturated rings. The van der Waals surface area contributed by atoms with Crippen LogP contribution in [-0.2, 0) is 31.5 Å². The molecule has 2 bridgehead atoms. The number of carbonyl (C=O) groups is 1. The number of amides is 1. The Morgan fingerprint density at radius 2 is 1.49 bits per heavy atom. The number of hydrogen-bond acceptors (Lipinski definition) is 4. The third-order valence-electron chi connectivity index (χ3n) is 9.77. The Hall–Kier alpha value is -2.74. The van der Waals surface area contributed by atoms with E-state index < -0.39 is 50.0 Å². The van der Waals surface area contributed by atoms with E-state index in [1.54, 1.807) is 0 Å². The van der Waals surface area contributed by atoms with E-state index in [2.05, 4.69) is 5.32 Å². The number of likely N-dealkylation sites (tertiary alicyclic amines) is 1. The van der Waals surface area contributed by atoms with Crippen molar-refractivity contribution in [2.75, 3.05) is 6.54 Å². The van der Waals surface area contributed by atoms with Crippen molar-refractivity contribution >= 4 is 15.7 Å². The second-order valence-corrected chi connectivity index (χ2v) is 14.2. The van der Waals surface area contributed by atoms with E-state index >= 15 is 0 Å². The summed E-state index contributed by atoms with van der Waals surface area (Å²) in [6.45, 7) is -0.0114. The smallest absolute Gasteiger partial charge is 0.337 e. The van der Waals surface area contributed by atoms with Crippen molar-refractivity contribution < 1.29 is 48.3 Å². The fourth-order valence-corrected chi connectivity index (χ4v) is 10.2. The highest BCUT2D eigenvalue weighted by Gasteiger charge is 2.74. The maximum atomic E-state index is 15.0. The molecule has 234 valence electrons. The first-order valence-electron chi connectivity index (χ1n) is 14.0. The van der Waals surface area contributed by atoms with Crippen LogP contribution < -0.4 is 5.32 Å². The zero-order chi connectivity index (χ0) is 31.2. The SMILES string of the molecule is O=C([C@@H]1C[C@H]2CC[C@@H](C1)N2)N1CC[C@@]2(S(=O)(=O)c3ccc(F)cc3)c3ccc(C(F)(C(F)(F)F)C(F)(F)F)cc3CC[C@@H]12. The van der Waals surface area contributed by atoms with Crippen LogP contribution >= 0.6 is 0 Å². The topological polar surface area (TPSA) is 66.5 Å². The van der Waals surface area contributed by atoms with Crippen LogP contribution in [0.5, 0.6) is 0 Å². The summed E-state index contributed by atoms with van der Waals surface area (Å²) in [5.74, 6) is -1.32. The molecule has 43 heavy (non-hydrogen) atoms. The molecular formula is C29H28F8N2O3S. The summed E-state index contributed by atoms with van der Waals surface area (Å²) in [6, 6.07) is 4.87. The first-order chi connectivity index (χ1) is 20.0. The molecule has 0 radical (unpaired) electrons. The molecule has 5 atom stereocenters. The normalized spacial score (nSPS) is 29.3. The van der Waals surface area contributed by atoms with Crippen LogP contribution in [0.25, 0.3) is 0 Å². The minimum Gasteiger partial charge on any atom is -0.337 e. The number of hydrogen-bond donors (Lipinski definition) is 1. The number of nitrogens with zero attached hydrogens (tertiary/aromatic N) is 1. The highest BCUT2D eigenvalue weighted by atomic mass is 32.2. The first kappa shape index (κ1) is 30.3. The van der Waals surface area contributed by atoms with Crippen LogP contribution in [0.1, 0.15) is 55.2 Å². The van der Waals surface area contributed by atoms with Gasteiger partial charge in [0.25, 0.3) is 0 Å². The summed E-state index contributed by atoms with van der Waals surface area (Å²) in [6.07, 6.45) is -10.1. The molecule has 14 heteroatoms. The minimum absolute atomic E-state index is 0.0114. The zero-order valence-electron chi connectivity index (χ0n) is 22.6. The van der Waals surface area contributed by atoms with Crippen molar-refractivity contribution in [3.8, 4) is 0 Å². The molecule has 1 N–H and O–H groups in total. The standard InChI is InChI=1S/C29H28F8N2O3S/c30-19-3-7-22(8-4-19)43(41,42)26-11-12-39(25(40)17-14-20-5-6-21(15-17)38-20)24(26)10-1-16-13-18(2-9-23(16)26)27(31,28(32,33)34)29(35,36)37/h2-4,7-9,13,17,20-21,24,38H,1,5-6,10-12,14-15H2/t17-,20-,21+,24-,26-/m1/s1. The van der Waals surface area contributed by atoms with Gasteiger partial charge in [0.15, 0.2) is 9.84 Å².